The van der Waals surface area contributed by atoms with E-state index in [2.05, 4.69) is 20.2 Å². The molecule has 2 aliphatic rings. The summed E-state index contributed by atoms with van der Waals surface area (Å²) in [6.07, 6.45) is 4.07. The fourth-order valence-electron chi connectivity index (χ4n) is 3.33. The molecule has 0 saturated carbocycles. The Bertz CT molecular complexity index is 497. The molecule has 3 rings (SSSR count). The highest BCUT2D eigenvalue weighted by molar-refractivity contribution is 5.40. The average Bonchev–Trinajstić information content (AvgIpc) is 2.57. The summed E-state index contributed by atoms with van der Waals surface area (Å²) in [4.78, 5) is 11.5. The van der Waals surface area contributed by atoms with Gasteiger partial charge in [-0.1, -0.05) is 0 Å². The van der Waals surface area contributed by atoms with Crippen molar-refractivity contribution >= 4 is 5.82 Å². The van der Waals surface area contributed by atoms with Crippen LogP contribution in [0.5, 0.6) is 0 Å². The van der Waals surface area contributed by atoms with Crippen LogP contribution in [0.4, 0.5) is 5.82 Å². The minimum absolute atomic E-state index is 0.0416. The fourth-order valence-corrected chi connectivity index (χ4v) is 3.33. The Morgan fingerprint density at radius 2 is 2.05 bits per heavy atom. The predicted molar refractivity (Wildman–Crippen MR) is 85.2 cm³/mol. The van der Waals surface area contributed by atoms with Gasteiger partial charge in [-0.25, -0.2) is 4.98 Å². The van der Waals surface area contributed by atoms with Gasteiger partial charge in [-0.2, -0.15) is 0 Å². The molecule has 0 amide bonds. The van der Waals surface area contributed by atoms with Gasteiger partial charge in [0.05, 0.1) is 36.7 Å². The van der Waals surface area contributed by atoms with Crippen molar-refractivity contribution in [2.24, 2.45) is 0 Å². The number of nitrogens with one attached hydrogen (secondary N) is 1. The van der Waals surface area contributed by atoms with Gasteiger partial charge in [0.1, 0.15) is 5.82 Å². The molecule has 1 aromatic rings. The number of hydrogen-bond donors (Lipinski definition) is 1. The van der Waals surface area contributed by atoms with Crippen molar-refractivity contribution in [3.63, 3.8) is 0 Å². The lowest BCUT2D eigenvalue weighted by molar-refractivity contribution is -0.0800. The van der Waals surface area contributed by atoms with E-state index in [9.17, 15) is 0 Å². The topological polar surface area (TPSA) is 59.5 Å². The molecule has 122 valence electrons. The van der Waals surface area contributed by atoms with E-state index in [4.69, 9.17) is 9.47 Å². The second-order valence-electron chi connectivity index (χ2n) is 6.28. The minimum Gasteiger partial charge on any atom is -0.379 e. The number of rotatable bonds is 4. The van der Waals surface area contributed by atoms with Gasteiger partial charge in [-0.3, -0.25) is 9.88 Å². The lowest BCUT2D eigenvalue weighted by Gasteiger charge is -2.47. The molecule has 3 heterocycles. The fraction of sp³-hybridized carbons (Fsp3) is 0.750. The Morgan fingerprint density at radius 1 is 1.23 bits per heavy atom. The molecule has 6 heteroatoms. The minimum atomic E-state index is 0.0416. The normalized spacial score (nSPS) is 26.8. The van der Waals surface area contributed by atoms with Crippen molar-refractivity contribution in [2.75, 3.05) is 51.4 Å². The second-order valence-corrected chi connectivity index (χ2v) is 6.28. The molecule has 22 heavy (non-hydrogen) atoms. The van der Waals surface area contributed by atoms with Gasteiger partial charge in [0, 0.05) is 32.4 Å². The van der Waals surface area contributed by atoms with E-state index in [1.165, 1.54) is 0 Å². The van der Waals surface area contributed by atoms with Crippen molar-refractivity contribution in [3.8, 4) is 0 Å². The summed E-state index contributed by atoms with van der Waals surface area (Å²) in [5.74, 6) is 0.887. The smallest absolute Gasteiger partial charge is 0.147 e. The quantitative estimate of drug-likeness (QED) is 0.907. The number of nitrogens with zero attached hydrogens (tertiary/aromatic N) is 3. The first-order chi connectivity index (χ1) is 10.7. The highest BCUT2D eigenvalue weighted by Crippen LogP contribution is 2.28. The van der Waals surface area contributed by atoms with Crippen LogP contribution in [0.25, 0.3) is 0 Å². The highest BCUT2D eigenvalue weighted by atomic mass is 16.5. The molecule has 2 fully saturated rings. The molecule has 2 aliphatic heterocycles. The molecule has 6 nitrogen and oxygen atoms in total. The first-order valence-corrected chi connectivity index (χ1v) is 8.14. The summed E-state index contributed by atoms with van der Waals surface area (Å²) in [6, 6.07) is 0. The first kappa shape index (κ1) is 15.6. The van der Waals surface area contributed by atoms with E-state index in [1.54, 1.807) is 0 Å². The highest BCUT2D eigenvalue weighted by Gasteiger charge is 2.39. The summed E-state index contributed by atoms with van der Waals surface area (Å²) in [7, 11) is 0. The van der Waals surface area contributed by atoms with Crippen LogP contribution in [0.15, 0.2) is 6.20 Å². The largest absolute Gasteiger partial charge is 0.379 e. The van der Waals surface area contributed by atoms with E-state index in [-0.39, 0.29) is 5.54 Å². The summed E-state index contributed by atoms with van der Waals surface area (Å²) in [5.41, 5.74) is 1.92. The summed E-state index contributed by atoms with van der Waals surface area (Å²) in [5, 5.41) is 3.53. The van der Waals surface area contributed by atoms with Gasteiger partial charge >= 0.3 is 0 Å². The zero-order valence-electron chi connectivity index (χ0n) is 13.6. The summed E-state index contributed by atoms with van der Waals surface area (Å²) >= 11 is 0. The monoisotopic (exact) mass is 306 g/mol. The Kier molecular flexibility index (Phi) is 4.90. The molecular formula is C16H26N4O2. The van der Waals surface area contributed by atoms with Crippen LogP contribution in [-0.2, 0) is 9.47 Å². The molecule has 2 saturated heterocycles. The van der Waals surface area contributed by atoms with Crippen LogP contribution in [0, 0.1) is 13.8 Å². The predicted octanol–water partition coefficient (Wildman–Crippen LogP) is 1.39. The molecule has 0 bridgehead atoms. The molecule has 0 aromatic carbocycles. The van der Waals surface area contributed by atoms with E-state index in [0.29, 0.717) is 0 Å². The lowest BCUT2D eigenvalue weighted by atomic mass is 9.89. The zero-order chi connectivity index (χ0) is 15.4. The van der Waals surface area contributed by atoms with Crippen LogP contribution in [0.1, 0.15) is 24.2 Å². The molecule has 0 aliphatic carbocycles. The van der Waals surface area contributed by atoms with Crippen molar-refractivity contribution in [1.82, 2.24) is 14.9 Å². The SMILES string of the molecule is Cc1cnc(C)c(NCC2(N3CCOCC3)CCCOC2)n1. The molecule has 1 N–H and O–H groups in total. The average molecular weight is 306 g/mol. The van der Waals surface area contributed by atoms with Gasteiger partial charge in [0.2, 0.25) is 0 Å². The maximum Gasteiger partial charge on any atom is 0.147 e. The number of aryl methyl sites for hydroxylation is 2. The van der Waals surface area contributed by atoms with Crippen molar-refractivity contribution in [1.29, 1.82) is 0 Å². The van der Waals surface area contributed by atoms with Gasteiger partial charge < -0.3 is 14.8 Å². The van der Waals surface area contributed by atoms with Crippen molar-refractivity contribution < 1.29 is 9.47 Å². The van der Waals surface area contributed by atoms with Crippen LogP contribution >= 0.6 is 0 Å². The standard InChI is InChI=1S/C16H26N4O2/c1-13-10-17-14(2)15(19-13)18-11-16(4-3-7-22-12-16)20-5-8-21-9-6-20/h10H,3-9,11-12H2,1-2H3,(H,18,19). The van der Waals surface area contributed by atoms with Gasteiger partial charge in [0.15, 0.2) is 0 Å². The Balaban J connectivity index is 1.73. The summed E-state index contributed by atoms with van der Waals surface area (Å²) < 4.78 is 11.3. The van der Waals surface area contributed by atoms with Crippen LogP contribution < -0.4 is 5.32 Å². The molecule has 1 unspecified atom stereocenters. The van der Waals surface area contributed by atoms with E-state index < -0.39 is 0 Å². The van der Waals surface area contributed by atoms with Gasteiger partial charge in [-0.05, 0) is 26.7 Å². The number of aromatic nitrogens is 2. The number of anilines is 1. The molecule has 1 aromatic heterocycles. The lowest BCUT2D eigenvalue weighted by Crippen LogP contribution is -2.61. The Morgan fingerprint density at radius 3 is 2.77 bits per heavy atom. The second kappa shape index (κ2) is 6.89. The van der Waals surface area contributed by atoms with E-state index in [1.807, 2.05) is 20.0 Å². The maximum absolute atomic E-state index is 5.82. The van der Waals surface area contributed by atoms with E-state index in [0.717, 1.165) is 76.1 Å². The third-order valence-electron chi connectivity index (χ3n) is 4.64. The molecular weight excluding hydrogens is 280 g/mol. The molecule has 1 atom stereocenters. The van der Waals surface area contributed by atoms with Crippen LogP contribution in [0.3, 0.4) is 0 Å². The summed E-state index contributed by atoms with van der Waals surface area (Å²) in [6.45, 7) is 10.0. The number of ether oxygens (including phenoxy) is 2. The molecule has 0 radical (unpaired) electrons. The molecule has 0 spiro atoms. The first-order valence-electron chi connectivity index (χ1n) is 8.14. The zero-order valence-corrected chi connectivity index (χ0v) is 13.6. The van der Waals surface area contributed by atoms with Crippen molar-refractivity contribution in [3.05, 3.63) is 17.6 Å². The van der Waals surface area contributed by atoms with Crippen LogP contribution in [-0.4, -0.2) is 66.5 Å². The van der Waals surface area contributed by atoms with Gasteiger partial charge in [0.25, 0.3) is 0 Å². The number of morpholine rings is 1. The van der Waals surface area contributed by atoms with Crippen LogP contribution in [0.2, 0.25) is 0 Å². The third-order valence-corrected chi connectivity index (χ3v) is 4.64. The Hall–Kier alpha value is -1.24. The van der Waals surface area contributed by atoms with Gasteiger partial charge in [-0.15, -0.1) is 0 Å². The maximum atomic E-state index is 5.82. The number of hydrogen-bond acceptors (Lipinski definition) is 6. The van der Waals surface area contributed by atoms with E-state index >= 15 is 0 Å². The third kappa shape index (κ3) is 3.39. The van der Waals surface area contributed by atoms with Crippen molar-refractivity contribution in [2.45, 2.75) is 32.2 Å². The Labute approximate surface area is 132 Å².